The molecule has 0 aliphatic heterocycles. The summed E-state index contributed by atoms with van der Waals surface area (Å²) < 4.78 is 2.02. The molecule has 0 fully saturated rings. The first-order valence-electron chi connectivity index (χ1n) is 20.3. The van der Waals surface area contributed by atoms with E-state index in [9.17, 15) is 25.5 Å². The van der Waals surface area contributed by atoms with Crippen LogP contribution in [0.5, 0.6) is 28.7 Å². The molecule has 280 valence electrons. The summed E-state index contributed by atoms with van der Waals surface area (Å²) in [5, 5.41) is 60.5. The second-order valence-corrected chi connectivity index (χ2v) is 16.8. The Hall–Kier alpha value is -5.30. The summed E-state index contributed by atoms with van der Waals surface area (Å²) in [4.78, 5) is 5.05. The van der Waals surface area contributed by atoms with Gasteiger partial charge in [-0.2, -0.15) is 0 Å². The summed E-state index contributed by atoms with van der Waals surface area (Å²) in [5.41, 5.74) is 16.7. The van der Waals surface area contributed by atoms with Crippen molar-refractivity contribution >= 4 is 160 Å². The van der Waals surface area contributed by atoms with Gasteiger partial charge < -0.3 is 10.2 Å². The van der Waals surface area contributed by atoms with Crippen LogP contribution >= 0.6 is 0 Å². The molecule has 0 spiro atoms. The second-order valence-electron chi connectivity index (χ2n) is 16.8. The van der Waals surface area contributed by atoms with Crippen molar-refractivity contribution in [3.63, 3.8) is 0 Å². The van der Waals surface area contributed by atoms with Crippen LogP contribution in [0.3, 0.4) is 0 Å². The van der Waals surface area contributed by atoms with E-state index >= 15 is 0 Å². The number of aromatic hydroxyl groups is 5. The van der Waals surface area contributed by atoms with Gasteiger partial charge in [-0.25, -0.2) is 0 Å². The van der Waals surface area contributed by atoms with Gasteiger partial charge in [0, 0.05) is 0 Å². The molecule has 0 atom stereocenters. The van der Waals surface area contributed by atoms with Crippen LogP contribution in [0.25, 0.3) is 61.6 Å². The number of phenols is 5. The van der Waals surface area contributed by atoms with Crippen molar-refractivity contribution in [3.8, 4) is 68.1 Å². The molecule has 6 aromatic rings. The molecule has 0 radical (unpaired) electrons. The van der Waals surface area contributed by atoms with Crippen molar-refractivity contribution in [2.24, 2.45) is 0 Å². The van der Waals surface area contributed by atoms with Crippen LogP contribution in [-0.2, 0) is 6.42 Å². The Morgan fingerprint density at radius 1 is 0.644 bits per heavy atom. The SMILES string of the molecule is B=c1c(-c2c(O)c(B)c(C)c(B)c2O)c2c(B)c(B)c(B)c(B)c2c(-c2ccc(-n3c(-c4c(B)c(O)c(O)c(B)c4O)nc4c3C=CCC4)cc2)/c1=C(B)/C(B)=C(/B)C. The predicted octanol–water partition coefficient (Wildman–Crippen LogP) is -9.72. The van der Waals surface area contributed by atoms with Crippen molar-refractivity contribution in [2.45, 2.75) is 26.7 Å². The minimum atomic E-state index is -0.348. The van der Waals surface area contributed by atoms with E-state index in [1.54, 1.807) is 15.7 Å². The first-order chi connectivity index (χ1) is 27.7. The molecule has 5 N–H and O–H groups in total. The van der Waals surface area contributed by atoms with Gasteiger partial charge in [0.1, 0.15) is 7.85 Å². The van der Waals surface area contributed by atoms with Gasteiger partial charge in [-0.05, 0) is 0 Å². The Kier molecular flexibility index (Phi) is 10.7. The number of phenolic OH excluding ortho intramolecular Hbond substituents is 5. The summed E-state index contributed by atoms with van der Waals surface area (Å²) in [6.45, 7) is 4.03. The maximum atomic E-state index is 11.9. The fourth-order valence-corrected chi connectivity index (χ4v) is 9.07. The zero-order valence-corrected chi connectivity index (χ0v) is 36.7. The van der Waals surface area contributed by atoms with Crippen molar-refractivity contribution in [2.75, 3.05) is 0 Å². The van der Waals surface area contributed by atoms with E-state index < -0.39 is 0 Å². The third-order valence-electron chi connectivity index (χ3n) is 13.6. The Morgan fingerprint density at radius 2 is 1.17 bits per heavy atom. The van der Waals surface area contributed by atoms with Crippen LogP contribution in [0.2, 0.25) is 0 Å². The van der Waals surface area contributed by atoms with Gasteiger partial charge in [0.05, 0.1) is 0 Å². The normalized spacial score (nSPS) is 13.4. The van der Waals surface area contributed by atoms with Gasteiger partial charge in [-0.15, -0.1) is 0 Å². The van der Waals surface area contributed by atoms with Gasteiger partial charge in [0.15, 0.2) is 5.75 Å². The van der Waals surface area contributed by atoms with Crippen molar-refractivity contribution in [1.82, 2.24) is 9.55 Å². The van der Waals surface area contributed by atoms with Crippen molar-refractivity contribution < 1.29 is 25.5 Å². The average Bonchev–Trinajstić information content (AvgIpc) is 3.60. The van der Waals surface area contributed by atoms with E-state index in [2.05, 4.69) is 98.3 Å². The van der Waals surface area contributed by atoms with Gasteiger partial charge in [0.2, 0.25) is 0 Å². The molecule has 0 unspecified atom stereocenters. The summed E-state index contributed by atoms with van der Waals surface area (Å²) >= 11 is 0. The molecule has 1 heterocycles. The minimum absolute atomic E-state index is 0.0543. The molecule has 7 nitrogen and oxygen atoms in total. The van der Waals surface area contributed by atoms with E-state index in [4.69, 9.17) is 12.5 Å². The molecule has 0 amide bonds. The average molecular weight is 763 g/mol. The number of nitrogens with zero attached hydrogens (tertiary/aromatic N) is 2. The monoisotopic (exact) mass is 764 g/mol. The zero-order chi connectivity index (χ0) is 43.3. The third kappa shape index (κ3) is 6.21. The zero-order valence-electron chi connectivity index (χ0n) is 36.7. The number of benzene rings is 5. The number of hydrogen-bond donors (Lipinski definition) is 5. The molecule has 7 rings (SSSR count). The third-order valence-corrected chi connectivity index (χ3v) is 13.6. The number of rotatable bonds is 5. The van der Waals surface area contributed by atoms with Crippen LogP contribution in [0.1, 0.15) is 30.3 Å². The Morgan fingerprint density at radius 3 is 1.73 bits per heavy atom. The second kappa shape index (κ2) is 15.1. The van der Waals surface area contributed by atoms with E-state index in [0.717, 1.165) is 112 Å². The quantitative estimate of drug-likeness (QED) is 0.0678. The van der Waals surface area contributed by atoms with Crippen LogP contribution in [-0.4, -0.2) is 129 Å². The van der Waals surface area contributed by atoms with Gasteiger partial charge >= 0.3 is 334 Å². The van der Waals surface area contributed by atoms with E-state index in [0.29, 0.717) is 22.4 Å². The Bertz CT molecular complexity index is 2990. The molecule has 0 saturated carbocycles. The Balaban J connectivity index is 1.64. The predicted molar refractivity (Wildman–Crippen MR) is 281 cm³/mol. The topological polar surface area (TPSA) is 119 Å². The standard InChI is InChI=1S/C40H44B12N2O5/c1-11-24(42)35(55)22(36(56)25(11)43)20-19-18(28(46)32(50)33(51)29(19)47)17(21(27(20)45)30(48)26(44)12(2)41)13-7-9-14(10-8-13)54-16-6-4-3-5-15(16)53-40(54)23-31(49)38(58)39(59)34(52)37(23)57/h4,6-10,45,55-59H,3,5,41-44,46-52H2,1-2H3/b26-12-,30-21+. The number of aryl methyl sites for hydroxylation is 1. The van der Waals surface area contributed by atoms with E-state index in [1.807, 2.05) is 27.2 Å². The molecule has 19 heteroatoms. The molecule has 0 saturated heterocycles. The summed E-state index contributed by atoms with van der Waals surface area (Å²) in [6, 6.07) is 8.36. The fourth-order valence-electron chi connectivity index (χ4n) is 9.07. The number of aromatic nitrogens is 2. The van der Waals surface area contributed by atoms with Crippen LogP contribution < -0.4 is 48.9 Å². The Labute approximate surface area is 356 Å². The maximum absolute atomic E-state index is 11.9. The van der Waals surface area contributed by atoms with Gasteiger partial charge in [-0.1, -0.05) is 0 Å². The first-order valence-corrected chi connectivity index (χ1v) is 20.3. The van der Waals surface area contributed by atoms with Gasteiger partial charge in [-0.3, -0.25) is 0 Å². The summed E-state index contributed by atoms with van der Waals surface area (Å²) in [7, 11) is 26.8. The summed E-state index contributed by atoms with van der Waals surface area (Å²) in [5.74, 6) is -0.180. The van der Waals surface area contributed by atoms with E-state index in [-0.39, 0.29) is 34.2 Å². The van der Waals surface area contributed by atoms with Crippen LogP contribution in [0.15, 0.2) is 41.3 Å². The number of hydrogen-bond acceptors (Lipinski definition) is 6. The molecule has 0 bridgehead atoms. The molecule has 5 aromatic carbocycles. The molecule has 1 aliphatic carbocycles. The molecule has 59 heavy (non-hydrogen) atoms. The first kappa shape index (κ1) is 41.8. The summed E-state index contributed by atoms with van der Waals surface area (Å²) in [6.07, 6.45) is 5.73. The van der Waals surface area contributed by atoms with Gasteiger partial charge in [0.25, 0.3) is 0 Å². The molecule has 1 aliphatic rings. The number of allylic oxidation sites excluding steroid dienone is 3. The van der Waals surface area contributed by atoms with Crippen molar-refractivity contribution in [1.29, 1.82) is 0 Å². The molecule has 1 aromatic heterocycles. The van der Waals surface area contributed by atoms with E-state index in [1.165, 1.54) is 10.9 Å². The van der Waals surface area contributed by atoms with Crippen LogP contribution in [0.4, 0.5) is 0 Å². The fraction of sp³-hybridized carbons (Fsp3) is 0.100. The number of fused-ring (bicyclic) bond motifs is 2. The van der Waals surface area contributed by atoms with Crippen LogP contribution in [0, 0.1) is 12.0 Å². The number of imidazole rings is 1. The van der Waals surface area contributed by atoms with Crippen molar-refractivity contribution in [3.05, 3.63) is 68.6 Å². The molecular formula is C40H44B12N2O5. The molecular weight excluding hydrogens is 718 g/mol.